The van der Waals surface area contributed by atoms with Gasteiger partial charge in [0.15, 0.2) is 0 Å². The van der Waals surface area contributed by atoms with Gasteiger partial charge in [0.1, 0.15) is 0 Å². The number of nitrogens with one attached hydrogen (secondary N) is 3. The summed E-state index contributed by atoms with van der Waals surface area (Å²) in [5.74, 6) is 0.301. The molecule has 0 atom stereocenters. The normalized spacial score (nSPS) is 14.1. The molecule has 3 N–H and O–H groups in total. The number of benzene rings is 2. The molecule has 0 saturated carbocycles. The molecule has 2 aromatic carbocycles. The highest BCUT2D eigenvalue weighted by Crippen LogP contribution is 2.20. The molecule has 3 amide bonds. The molecule has 1 aliphatic heterocycles. The molecule has 1 saturated heterocycles. The lowest BCUT2D eigenvalue weighted by Crippen LogP contribution is -2.37. The smallest absolute Gasteiger partial charge is 0.253 e. The fraction of sp³-hybridized carbons (Fsp3) is 0.348. The second-order valence-corrected chi connectivity index (χ2v) is 7.72. The van der Waals surface area contributed by atoms with E-state index in [9.17, 15) is 14.4 Å². The van der Waals surface area contributed by atoms with Gasteiger partial charge in [0.2, 0.25) is 11.8 Å². The summed E-state index contributed by atoms with van der Waals surface area (Å²) in [5.41, 5.74) is 2.55. The van der Waals surface area contributed by atoms with Crippen molar-refractivity contribution in [3.8, 4) is 0 Å². The molecular formula is C23H28N4O3. The number of amides is 3. The number of anilines is 3. The van der Waals surface area contributed by atoms with Crippen molar-refractivity contribution >= 4 is 34.8 Å². The standard InChI is InChI=1S/C23H28N4O3/c1-16-9-11-27(12-10-16)23(30)18-5-3-6-19(13-18)24-15-22(29)26-21-8-4-7-20(14-21)25-17(2)28/h3-8,13-14,16,24H,9-12,15H2,1-2H3,(H,25,28)(H,26,29). The third-order valence-corrected chi connectivity index (χ3v) is 5.10. The van der Waals surface area contributed by atoms with Crippen LogP contribution in [-0.2, 0) is 9.59 Å². The quantitative estimate of drug-likeness (QED) is 0.682. The molecule has 1 fully saturated rings. The predicted molar refractivity (Wildman–Crippen MR) is 119 cm³/mol. The number of carbonyl (C=O) groups is 3. The second-order valence-electron chi connectivity index (χ2n) is 7.72. The maximum Gasteiger partial charge on any atom is 0.253 e. The largest absolute Gasteiger partial charge is 0.376 e. The molecule has 0 aromatic heterocycles. The van der Waals surface area contributed by atoms with Gasteiger partial charge in [-0.1, -0.05) is 19.1 Å². The third kappa shape index (κ3) is 6.07. The van der Waals surface area contributed by atoms with Gasteiger partial charge in [-0.3, -0.25) is 14.4 Å². The number of carbonyl (C=O) groups excluding carboxylic acids is 3. The Morgan fingerprint density at radius 3 is 2.27 bits per heavy atom. The minimum atomic E-state index is -0.225. The van der Waals surface area contributed by atoms with Crippen LogP contribution in [0.5, 0.6) is 0 Å². The zero-order chi connectivity index (χ0) is 21.5. The van der Waals surface area contributed by atoms with Crippen LogP contribution in [0.2, 0.25) is 0 Å². The fourth-order valence-electron chi connectivity index (χ4n) is 3.42. The zero-order valence-corrected chi connectivity index (χ0v) is 17.4. The molecule has 30 heavy (non-hydrogen) atoms. The van der Waals surface area contributed by atoms with E-state index in [2.05, 4.69) is 22.9 Å². The molecule has 158 valence electrons. The van der Waals surface area contributed by atoms with Gasteiger partial charge in [0, 0.05) is 42.6 Å². The Bertz CT molecular complexity index is 920. The molecule has 0 radical (unpaired) electrons. The van der Waals surface area contributed by atoms with Crippen LogP contribution in [0.3, 0.4) is 0 Å². The van der Waals surface area contributed by atoms with Crippen molar-refractivity contribution in [3.05, 3.63) is 54.1 Å². The average Bonchev–Trinajstić information content (AvgIpc) is 2.72. The number of rotatable bonds is 6. The first-order valence-corrected chi connectivity index (χ1v) is 10.2. The molecule has 0 spiro atoms. The van der Waals surface area contributed by atoms with E-state index >= 15 is 0 Å². The van der Waals surface area contributed by atoms with E-state index in [4.69, 9.17) is 0 Å². The first-order chi connectivity index (χ1) is 14.4. The van der Waals surface area contributed by atoms with Crippen LogP contribution in [0, 0.1) is 5.92 Å². The first kappa shape index (κ1) is 21.4. The summed E-state index contributed by atoms with van der Waals surface area (Å²) in [6.45, 7) is 5.28. The fourth-order valence-corrected chi connectivity index (χ4v) is 3.42. The van der Waals surface area contributed by atoms with Gasteiger partial charge in [-0.2, -0.15) is 0 Å². The van der Waals surface area contributed by atoms with Crippen LogP contribution in [-0.4, -0.2) is 42.3 Å². The highest BCUT2D eigenvalue weighted by molar-refractivity contribution is 5.97. The highest BCUT2D eigenvalue weighted by atomic mass is 16.2. The molecule has 0 aliphatic carbocycles. The summed E-state index contributed by atoms with van der Waals surface area (Å²) in [6.07, 6.45) is 2.07. The molecule has 1 aliphatic rings. The molecule has 0 bridgehead atoms. The molecule has 7 heteroatoms. The van der Waals surface area contributed by atoms with Crippen molar-refractivity contribution in [3.63, 3.8) is 0 Å². The van der Waals surface area contributed by atoms with E-state index in [1.54, 1.807) is 36.4 Å². The topological polar surface area (TPSA) is 90.5 Å². The lowest BCUT2D eigenvalue weighted by Gasteiger charge is -2.30. The van der Waals surface area contributed by atoms with Gasteiger partial charge >= 0.3 is 0 Å². The molecule has 3 rings (SSSR count). The van der Waals surface area contributed by atoms with Gasteiger partial charge in [0.25, 0.3) is 5.91 Å². The van der Waals surface area contributed by atoms with Gasteiger partial charge in [-0.15, -0.1) is 0 Å². The Morgan fingerprint density at radius 1 is 0.933 bits per heavy atom. The Labute approximate surface area is 176 Å². The van der Waals surface area contributed by atoms with Gasteiger partial charge < -0.3 is 20.9 Å². The van der Waals surface area contributed by atoms with Gasteiger partial charge in [-0.25, -0.2) is 0 Å². The Kier molecular flexibility index (Phi) is 7.06. The van der Waals surface area contributed by atoms with E-state index in [1.165, 1.54) is 6.92 Å². The lowest BCUT2D eigenvalue weighted by molar-refractivity contribution is -0.115. The first-order valence-electron chi connectivity index (χ1n) is 10.2. The van der Waals surface area contributed by atoms with E-state index < -0.39 is 0 Å². The summed E-state index contributed by atoms with van der Waals surface area (Å²) in [4.78, 5) is 38.1. The van der Waals surface area contributed by atoms with Crippen LogP contribution in [0.15, 0.2) is 48.5 Å². The summed E-state index contributed by atoms with van der Waals surface area (Å²) in [7, 11) is 0. The molecular weight excluding hydrogens is 380 g/mol. The number of piperidine rings is 1. The SMILES string of the molecule is CC(=O)Nc1cccc(NC(=O)CNc2cccc(C(=O)N3CCC(C)CC3)c2)c1. The maximum absolute atomic E-state index is 12.7. The van der Waals surface area contributed by atoms with Crippen molar-refractivity contribution in [1.29, 1.82) is 0 Å². The van der Waals surface area contributed by atoms with Crippen molar-refractivity contribution < 1.29 is 14.4 Å². The Morgan fingerprint density at radius 2 is 1.57 bits per heavy atom. The van der Waals surface area contributed by atoms with Crippen LogP contribution in [0.25, 0.3) is 0 Å². The number of likely N-dealkylation sites (tertiary alicyclic amines) is 1. The summed E-state index contributed by atoms with van der Waals surface area (Å²) < 4.78 is 0. The van der Waals surface area contributed by atoms with E-state index in [0.717, 1.165) is 25.9 Å². The van der Waals surface area contributed by atoms with Crippen LogP contribution in [0.1, 0.15) is 37.0 Å². The molecule has 7 nitrogen and oxygen atoms in total. The Balaban J connectivity index is 1.54. The predicted octanol–water partition coefficient (Wildman–Crippen LogP) is 3.57. The third-order valence-electron chi connectivity index (χ3n) is 5.10. The summed E-state index contributed by atoms with van der Waals surface area (Å²) in [6, 6.07) is 14.2. The van der Waals surface area contributed by atoms with Crippen LogP contribution in [0.4, 0.5) is 17.1 Å². The Hall–Kier alpha value is -3.35. The molecule has 1 heterocycles. The van der Waals surface area contributed by atoms with E-state index in [-0.39, 0.29) is 24.3 Å². The van der Waals surface area contributed by atoms with E-state index in [1.807, 2.05) is 17.0 Å². The number of hydrogen-bond donors (Lipinski definition) is 3. The van der Waals surface area contributed by atoms with Crippen molar-refractivity contribution in [2.75, 3.05) is 35.6 Å². The maximum atomic E-state index is 12.7. The minimum absolute atomic E-state index is 0.0322. The van der Waals surface area contributed by atoms with Crippen molar-refractivity contribution in [2.45, 2.75) is 26.7 Å². The summed E-state index contributed by atoms with van der Waals surface area (Å²) in [5, 5.41) is 8.54. The van der Waals surface area contributed by atoms with Crippen molar-refractivity contribution in [1.82, 2.24) is 4.90 Å². The number of hydrogen-bond acceptors (Lipinski definition) is 4. The van der Waals surface area contributed by atoms with Crippen LogP contribution >= 0.6 is 0 Å². The van der Waals surface area contributed by atoms with E-state index in [0.29, 0.717) is 28.5 Å². The summed E-state index contributed by atoms with van der Waals surface area (Å²) >= 11 is 0. The molecule has 2 aromatic rings. The second kappa shape index (κ2) is 9.91. The molecule has 0 unspecified atom stereocenters. The highest BCUT2D eigenvalue weighted by Gasteiger charge is 2.21. The zero-order valence-electron chi connectivity index (χ0n) is 17.4. The van der Waals surface area contributed by atoms with Crippen molar-refractivity contribution in [2.24, 2.45) is 5.92 Å². The lowest BCUT2D eigenvalue weighted by atomic mass is 9.98. The monoisotopic (exact) mass is 408 g/mol. The van der Waals surface area contributed by atoms with Gasteiger partial charge in [-0.05, 0) is 55.2 Å². The minimum Gasteiger partial charge on any atom is -0.376 e. The average molecular weight is 409 g/mol. The van der Waals surface area contributed by atoms with Crippen LogP contribution < -0.4 is 16.0 Å². The number of nitrogens with zero attached hydrogens (tertiary/aromatic N) is 1. The van der Waals surface area contributed by atoms with Gasteiger partial charge in [0.05, 0.1) is 6.54 Å².